The van der Waals surface area contributed by atoms with Gasteiger partial charge in [0, 0.05) is 85.2 Å². The fraction of sp³-hybridized carbons (Fsp3) is 0.448. The highest BCUT2D eigenvalue weighted by Gasteiger charge is 2.78. The van der Waals surface area contributed by atoms with Gasteiger partial charge < -0.3 is 102 Å². The molecule has 10 rings (SSSR count). The zero-order valence-corrected chi connectivity index (χ0v) is 73.0. The van der Waals surface area contributed by atoms with E-state index in [0.29, 0.717) is 16.9 Å². The molecule has 694 valence electrons. The number of guanidine groups is 1. The summed E-state index contributed by atoms with van der Waals surface area (Å²) in [6, 6.07) is 22.8. The van der Waals surface area contributed by atoms with Crippen molar-refractivity contribution in [1.29, 1.82) is 5.41 Å². The van der Waals surface area contributed by atoms with E-state index in [1.165, 1.54) is 68.6 Å². The van der Waals surface area contributed by atoms with Crippen molar-refractivity contribution in [2.24, 2.45) is 40.2 Å². The van der Waals surface area contributed by atoms with Gasteiger partial charge in [-0.25, -0.2) is 33.9 Å². The molecule has 1 aliphatic heterocycles. The molecule has 2 saturated carbocycles. The molecule has 3 fully saturated rings. The number of hydrogen-bond donors (Lipinski definition) is 16. The molecule has 2 bridgehead atoms. The number of ketones is 3. The van der Waals surface area contributed by atoms with E-state index >= 15 is 4.79 Å². The Kier molecular flexibility index (Phi) is 32.9. The Balaban J connectivity index is 0.778. The van der Waals surface area contributed by atoms with Crippen molar-refractivity contribution in [3.8, 4) is 0 Å². The number of carboxylic acid groups (broad SMARTS) is 4. The van der Waals surface area contributed by atoms with Crippen molar-refractivity contribution in [2.45, 2.75) is 178 Å². The number of esters is 3. The summed E-state index contributed by atoms with van der Waals surface area (Å²) in [5.41, 5.74) is 3.93. The number of Topliss-reactive ketones (excluding diaryl/α,β-unsaturated/α-hetero) is 3. The lowest BCUT2D eigenvalue weighted by Crippen LogP contribution is -2.81. The smallest absolute Gasteiger partial charge is 0.481 e. The summed E-state index contributed by atoms with van der Waals surface area (Å²) >= 11 is 0. The maximum absolute atomic E-state index is 16.3. The first-order valence-electron chi connectivity index (χ1n) is 41.3. The van der Waals surface area contributed by atoms with Gasteiger partial charge >= 0.3 is 47.9 Å². The molecule has 3 aliphatic carbocycles. The number of carboxylic acids is 4. The molecule has 6 aromatic rings. The number of aromatic nitrogens is 4. The molecule has 41 nitrogen and oxygen atoms in total. The minimum Gasteiger partial charge on any atom is -0.481 e. The van der Waals surface area contributed by atoms with Crippen molar-refractivity contribution in [3.63, 3.8) is 0 Å². The molecule has 1 unspecified atom stereocenters. The van der Waals surface area contributed by atoms with Crippen molar-refractivity contribution in [1.82, 2.24) is 46.5 Å². The Morgan fingerprint density at radius 3 is 1.92 bits per heavy atom. The first-order valence-corrected chi connectivity index (χ1v) is 43.8. The van der Waals surface area contributed by atoms with Crippen LogP contribution in [0.2, 0.25) is 0 Å². The second-order valence-electron chi connectivity index (χ2n) is 32.6. The molecule has 1 saturated heterocycles. The van der Waals surface area contributed by atoms with Gasteiger partial charge in [-0.05, 0) is 98.4 Å². The number of aliphatic carboxylic acids is 4. The van der Waals surface area contributed by atoms with E-state index in [-0.39, 0.29) is 83.1 Å². The number of H-pyrrole nitrogens is 1. The number of aliphatic hydroxyl groups is 2. The molecule has 2 aromatic heterocycles. The zero-order valence-electron chi connectivity index (χ0n) is 71.3. The monoisotopic (exact) mass is 1840 g/mol. The first-order chi connectivity index (χ1) is 61.6. The third-order valence-corrected chi connectivity index (χ3v) is 26.0. The Labute approximate surface area is 750 Å². The molecular formula is C87H101N13O28S2. The number of carbonyl (C=O) groups excluding carboxylic acids is 11. The number of nitrogens with two attached hydrogens (primary N) is 2. The lowest BCUT2D eigenvalue weighted by atomic mass is 9.43. The number of nitrogens with zero attached hydrogens (tertiary/aromatic N) is 3. The average Bonchev–Trinajstić information content (AvgIpc) is 0.666. The molecule has 3 heterocycles. The maximum atomic E-state index is 16.3. The summed E-state index contributed by atoms with van der Waals surface area (Å²) in [6.45, 7) is 7.86. The number of aliphatic hydroxyl groups excluding tert-OH is 1. The summed E-state index contributed by atoms with van der Waals surface area (Å²) in [5.74, 6) is -23.9. The Morgan fingerprint density at radius 2 is 1.32 bits per heavy atom. The van der Waals surface area contributed by atoms with Gasteiger partial charge in [-0.3, -0.25) is 63.1 Å². The number of rotatable bonds is 43. The van der Waals surface area contributed by atoms with Crippen LogP contribution in [0, 0.1) is 39.9 Å². The predicted octanol–water partition coefficient (Wildman–Crippen LogP) is 4.28. The Bertz CT molecular complexity index is 5380. The highest BCUT2D eigenvalue weighted by molar-refractivity contribution is 8.76. The zero-order chi connectivity index (χ0) is 94.9. The fourth-order valence-electron chi connectivity index (χ4n) is 17.2. The van der Waals surface area contributed by atoms with Crippen LogP contribution in [0.3, 0.4) is 0 Å². The van der Waals surface area contributed by atoms with Crippen molar-refractivity contribution < 1.29 is 131 Å². The summed E-state index contributed by atoms with van der Waals surface area (Å²) in [5, 5.41) is 89.3. The van der Waals surface area contributed by atoms with E-state index in [0.717, 1.165) is 28.5 Å². The SMILES string of the molecule is CC(=O)O[C@@]12CO[C@@H]1C[C@H](OC(=O)OCCSSC[C@H](NC(=O)[C@H](CC(=O)O)CC(=O)[C@H](CCCNC(=N)N)NC(=O)[C@H](CC(=O)O)CC(=O)CC[C@H](NC(=O)c1ccc(NCc3cnc4nc(N)[nH]c(=O)c4n3)cc1)C(=O)O)C(=O)O)[C@@]1(C)C(=O)[C@H](C)C3=C(C)[C@@H](OC(=O)[C@H](O)[C@@H](NC(=O)c4ccccc4)c4ccccc4)C[C@@](O)([C@@H](OC(=O)c4ccccc4)C12)C3(C)C. The van der Waals surface area contributed by atoms with Crippen molar-refractivity contribution >= 4 is 139 Å². The molecule has 16 atom stereocenters. The van der Waals surface area contributed by atoms with E-state index in [9.17, 15) is 103 Å². The molecule has 18 N–H and O–H groups in total. The Hall–Kier alpha value is -13.3. The number of ether oxygens (including phenoxy) is 6. The molecule has 43 heteroatoms. The number of nitrogen functional groups attached to an aromatic ring is 1. The van der Waals surface area contributed by atoms with Gasteiger partial charge in [0.1, 0.15) is 60.3 Å². The van der Waals surface area contributed by atoms with Crippen LogP contribution in [-0.2, 0) is 87.7 Å². The summed E-state index contributed by atoms with van der Waals surface area (Å²) < 4.78 is 36.9. The lowest BCUT2D eigenvalue weighted by Gasteiger charge is -2.67. The van der Waals surface area contributed by atoms with Crippen molar-refractivity contribution in [2.75, 3.05) is 42.3 Å². The van der Waals surface area contributed by atoms with Gasteiger partial charge in [0.25, 0.3) is 17.4 Å². The minimum absolute atomic E-state index is 0.00229. The molecule has 0 radical (unpaired) electrons. The summed E-state index contributed by atoms with van der Waals surface area (Å²) in [6.07, 6.45) is -14.9. The van der Waals surface area contributed by atoms with Crippen LogP contribution >= 0.6 is 21.6 Å². The van der Waals surface area contributed by atoms with E-state index in [2.05, 4.69) is 51.8 Å². The molecule has 4 amide bonds. The van der Waals surface area contributed by atoms with Crippen LogP contribution < -0.4 is 48.9 Å². The minimum atomic E-state index is -2.47. The van der Waals surface area contributed by atoms with Gasteiger partial charge in [-0.2, -0.15) is 4.98 Å². The first kappa shape index (κ1) is 98.9. The predicted molar refractivity (Wildman–Crippen MR) is 462 cm³/mol. The van der Waals surface area contributed by atoms with E-state index in [1.54, 1.807) is 87.5 Å². The van der Waals surface area contributed by atoms with Crippen LogP contribution in [0.4, 0.5) is 16.4 Å². The second-order valence-corrected chi connectivity index (χ2v) is 35.3. The van der Waals surface area contributed by atoms with Gasteiger partial charge in [-0.15, -0.1) is 0 Å². The average molecular weight is 1840 g/mol. The van der Waals surface area contributed by atoms with E-state index in [1.807, 2.05) is 0 Å². The molecular weight excluding hydrogens is 1740 g/mol. The number of aromatic amines is 1. The van der Waals surface area contributed by atoms with Gasteiger partial charge in [0.2, 0.25) is 17.8 Å². The van der Waals surface area contributed by atoms with Crippen LogP contribution in [-0.4, -0.2) is 237 Å². The van der Waals surface area contributed by atoms with Gasteiger partial charge in [-0.1, -0.05) is 109 Å². The van der Waals surface area contributed by atoms with E-state index < -0.39 is 265 Å². The topological polar surface area (TPSA) is 652 Å². The lowest BCUT2D eigenvalue weighted by molar-refractivity contribution is -0.345. The standard InChI is InChI=1S/C87H101N13O28S2/c1-43-59(125-80(120)67(108)65(46-17-10-7-11-18-46)98-73(111)47-19-12-8-13-20-47)38-87(122)70(127-79(119)49-21-14-9-15-22-49)68-85(6,69(109)44(2)64(43)84(87,4)5)60(37-61-86(68,42-124-61)128-45(3)101)126-83(121)123-31-32-129-130-41-57(78(117)118)97-75(113)51(36-63(106)107)34-58(103)55(23-16-30-91-81(88)89)95-74(112)50(35-62(104)105)33-54(102)28-29-56(77(115)116)96-72(110)48-24-26-52(27-25-48)92-39-53-40-93-71-66(94-53)76(114)100-82(90)99-71/h7-15,17-22,24-27,40,44,50-51,55-57,59-61,65,67-68,70,92,108,122H,16,23,28-39,41-42H2,1-6H3,(H,95,112)(H,96,110)(H,97,113)(H,98,111)(H,104,105)(H,106,107)(H,115,116)(H,117,118)(H4,88,89,91)(H3,90,93,99,100,114)/t44-,50+,51+,55+,56+,57+,59+,60+,61-,65+,67-,68?,70+,85-,86+,87-/m1/s1. The fourth-order valence-corrected chi connectivity index (χ4v) is 19.1. The molecule has 0 spiro atoms. The number of nitrogens with one attached hydrogen (secondary N) is 8. The quantitative estimate of drug-likeness (QED) is 0.00483. The van der Waals surface area contributed by atoms with Crippen LogP contribution in [0.15, 0.2) is 137 Å². The third-order valence-electron chi connectivity index (χ3n) is 23.7. The largest absolute Gasteiger partial charge is 0.508 e. The normalized spacial score (nSPS) is 22.2. The molecule has 130 heavy (non-hydrogen) atoms. The number of benzene rings is 4. The van der Waals surface area contributed by atoms with Crippen LogP contribution in [0.5, 0.6) is 0 Å². The van der Waals surface area contributed by atoms with Gasteiger partial charge in [0.15, 0.2) is 34.6 Å². The number of hydrogen-bond acceptors (Lipinski definition) is 32. The highest BCUT2D eigenvalue weighted by atomic mass is 33.1. The number of anilines is 2. The summed E-state index contributed by atoms with van der Waals surface area (Å²) in [4.78, 5) is 233. The molecule has 4 aliphatic rings. The Morgan fingerprint density at radius 1 is 0.715 bits per heavy atom. The van der Waals surface area contributed by atoms with Crippen LogP contribution in [0.1, 0.15) is 154 Å². The number of carbonyl (C=O) groups is 15. The van der Waals surface area contributed by atoms with Gasteiger partial charge in [0.05, 0.1) is 78.7 Å². The third kappa shape index (κ3) is 23.6. The number of fused-ring (bicyclic) bond motifs is 6. The highest BCUT2D eigenvalue weighted by Crippen LogP contribution is 2.66. The molecule has 4 aromatic carbocycles. The van der Waals surface area contributed by atoms with Crippen LogP contribution in [0.25, 0.3) is 11.2 Å². The number of amides is 4. The maximum Gasteiger partial charge on any atom is 0.508 e. The van der Waals surface area contributed by atoms with E-state index in [4.69, 9.17) is 45.3 Å². The second kappa shape index (κ2) is 43.2. The summed E-state index contributed by atoms with van der Waals surface area (Å²) in [7, 11) is 1.75. The van der Waals surface area contributed by atoms with Crippen molar-refractivity contribution in [3.05, 3.63) is 171 Å².